The fraction of sp³-hybridized carbons (Fsp3) is 0.538. The lowest BCUT2D eigenvalue weighted by Crippen LogP contribution is -2.33. The number of hydrogen-bond acceptors (Lipinski definition) is 2. The van der Waals surface area contributed by atoms with Crippen LogP contribution in [0.2, 0.25) is 0 Å². The molecule has 1 N–H and O–H groups in total. The molecular formula is C13H19NO. The topological polar surface area (TPSA) is 21.3 Å². The van der Waals surface area contributed by atoms with Crippen LogP contribution in [0, 0.1) is 12.8 Å². The third-order valence-corrected chi connectivity index (χ3v) is 2.97. The first-order valence-electron chi connectivity index (χ1n) is 5.75. The molecule has 1 aromatic carbocycles. The number of piperidine rings is 1. The van der Waals surface area contributed by atoms with E-state index in [4.69, 9.17) is 4.74 Å². The van der Waals surface area contributed by atoms with E-state index in [0.29, 0.717) is 5.92 Å². The van der Waals surface area contributed by atoms with Crippen molar-refractivity contribution in [1.29, 1.82) is 0 Å². The van der Waals surface area contributed by atoms with E-state index in [1.165, 1.54) is 24.9 Å². The molecule has 1 aromatic rings. The van der Waals surface area contributed by atoms with E-state index in [2.05, 4.69) is 18.3 Å². The maximum Gasteiger partial charge on any atom is 0.122 e. The predicted octanol–water partition coefficient (Wildman–Crippen LogP) is 2.37. The molecule has 1 saturated heterocycles. The average Bonchev–Trinajstić information content (AvgIpc) is 2.29. The van der Waals surface area contributed by atoms with Gasteiger partial charge >= 0.3 is 0 Å². The Morgan fingerprint density at radius 1 is 1.40 bits per heavy atom. The van der Waals surface area contributed by atoms with E-state index in [1.807, 2.05) is 18.2 Å². The number of nitrogens with one attached hydrogen (secondary N) is 1. The van der Waals surface area contributed by atoms with Crippen LogP contribution in [0.25, 0.3) is 0 Å². The molecule has 0 amide bonds. The number of benzene rings is 1. The summed E-state index contributed by atoms with van der Waals surface area (Å²) in [6.07, 6.45) is 2.57. The van der Waals surface area contributed by atoms with Gasteiger partial charge in [-0.25, -0.2) is 0 Å². The fourth-order valence-electron chi connectivity index (χ4n) is 1.99. The van der Waals surface area contributed by atoms with Gasteiger partial charge in [-0.3, -0.25) is 0 Å². The summed E-state index contributed by atoms with van der Waals surface area (Å²) in [7, 11) is 0. The summed E-state index contributed by atoms with van der Waals surface area (Å²) in [6, 6.07) is 8.21. The van der Waals surface area contributed by atoms with Crippen LogP contribution in [-0.4, -0.2) is 19.7 Å². The quantitative estimate of drug-likeness (QED) is 0.818. The molecular weight excluding hydrogens is 186 g/mol. The molecule has 2 nitrogen and oxygen atoms in total. The lowest BCUT2D eigenvalue weighted by Gasteiger charge is -2.23. The molecule has 2 heteroatoms. The van der Waals surface area contributed by atoms with Crippen LogP contribution in [0.5, 0.6) is 5.75 Å². The predicted molar refractivity (Wildman–Crippen MR) is 62.3 cm³/mol. The number of aryl methyl sites for hydroxylation is 1. The van der Waals surface area contributed by atoms with E-state index in [-0.39, 0.29) is 0 Å². The van der Waals surface area contributed by atoms with Gasteiger partial charge in [-0.15, -0.1) is 0 Å². The molecule has 0 bridgehead atoms. The van der Waals surface area contributed by atoms with Gasteiger partial charge in [0.2, 0.25) is 0 Å². The molecule has 2 rings (SSSR count). The molecule has 0 saturated carbocycles. The van der Waals surface area contributed by atoms with Crippen LogP contribution in [-0.2, 0) is 0 Å². The summed E-state index contributed by atoms with van der Waals surface area (Å²) in [5, 5.41) is 3.41. The number of hydrogen-bond donors (Lipinski definition) is 1. The standard InChI is InChI=1S/C13H19NO/c1-11-5-2-3-7-13(11)15-10-12-6-4-8-14-9-12/h2-3,5,7,12,14H,4,6,8-10H2,1H3/t12-/m0/s1. The van der Waals surface area contributed by atoms with E-state index < -0.39 is 0 Å². The second kappa shape index (κ2) is 5.17. The SMILES string of the molecule is Cc1ccccc1OC[C@H]1CCCNC1. The molecule has 1 atom stereocenters. The summed E-state index contributed by atoms with van der Waals surface area (Å²) >= 11 is 0. The smallest absolute Gasteiger partial charge is 0.122 e. The van der Waals surface area contributed by atoms with E-state index in [0.717, 1.165) is 18.9 Å². The molecule has 0 aliphatic carbocycles. The van der Waals surface area contributed by atoms with Crippen LogP contribution in [0.15, 0.2) is 24.3 Å². The molecule has 0 spiro atoms. The zero-order valence-electron chi connectivity index (χ0n) is 9.33. The van der Waals surface area contributed by atoms with E-state index >= 15 is 0 Å². The van der Waals surface area contributed by atoms with E-state index in [9.17, 15) is 0 Å². The first-order chi connectivity index (χ1) is 7.36. The molecule has 1 aliphatic heterocycles. The van der Waals surface area contributed by atoms with Crippen molar-refractivity contribution in [1.82, 2.24) is 5.32 Å². The number of rotatable bonds is 3. The molecule has 0 radical (unpaired) electrons. The normalized spacial score (nSPS) is 21.3. The summed E-state index contributed by atoms with van der Waals surface area (Å²) < 4.78 is 5.84. The first-order valence-corrected chi connectivity index (χ1v) is 5.75. The fourth-order valence-corrected chi connectivity index (χ4v) is 1.99. The number of para-hydroxylation sites is 1. The summed E-state index contributed by atoms with van der Waals surface area (Å²) in [5.41, 5.74) is 1.22. The van der Waals surface area contributed by atoms with Crippen LogP contribution in [0.1, 0.15) is 18.4 Å². The van der Waals surface area contributed by atoms with Crippen LogP contribution < -0.4 is 10.1 Å². The van der Waals surface area contributed by atoms with Crippen LogP contribution >= 0.6 is 0 Å². The van der Waals surface area contributed by atoms with Gasteiger partial charge < -0.3 is 10.1 Å². The first kappa shape index (κ1) is 10.5. The molecule has 0 aromatic heterocycles. The molecule has 1 heterocycles. The highest BCUT2D eigenvalue weighted by atomic mass is 16.5. The molecule has 82 valence electrons. The Bertz CT molecular complexity index is 305. The third kappa shape index (κ3) is 2.96. The minimum Gasteiger partial charge on any atom is -0.493 e. The largest absolute Gasteiger partial charge is 0.493 e. The summed E-state index contributed by atoms with van der Waals surface area (Å²) in [6.45, 7) is 5.21. The van der Waals surface area contributed by atoms with Crippen LogP contribution in [0.4, 0.5) is 0 Å². The third-order valence-electron chi connectivity index (χ3n) is 2.97. The Morgan fingerprint density at radius 2 is 2.27 bits per heavy atom. The Labute approximate surface area is 91.6 Å². The zero-order chi connectivity index (χ0) is 10.5. The summed E-state index contributed by atoms with van der Waals surface area (Å²) in [4.78, 5) is 0. The molecule has 0 unspecified atom stereocenters. The highest BCUT2D eigenvalue weighted by Crippen LogP contribution is 2.18. The Hall–Kier alpha value is -1.02. The number of ether oxygens (including phenoxy) is 1. The second-order valence-corrected chi connectivity index (χ2v) is 4.29. The van der Waals surface area contributed by atoms with Crippen molar-refractivity contribution in [3.05, 3.63) is 29.8 Å². The van der Waals surface area contributed by atoms with Gasteiger partial charge in [-0.2, -0.15) is 0 Å². The van der Waals surface area contributed by atoms with Gasteiger partial charge in [0.1, 0.15) is 5.75 Å². The average molecular weight is 205 g/mol. The highest BCUT2D eigenvalue weighted by Gasteiger charge is 2.13. The minimum absolute atomic E-state index is 0.679. The maximum absolute atomic E-state index is 5.84. The molecule has 15 heavy (non-hydrogen) atoms. The monoisotopic (exact) mass is 205 g/mol. The van der Waals surface area contributed by atoms with E-state index in [1.54, 1.807) is 0 Å². The van der Waals surface area contributed by atoms with Gasteiger partial charge in [0, 0.05) is 12.5 Å². The van der Waals surface area contributed by atoms with Crippen molar-refractivity contribution in [2.45, 2.75) is 19.8 Å². The lowest BCUT2D eigenvalue weighted by molar-refractivity contribution is 0.217. The molecule has 1 aliphatic rings. The van der Waals surface area contributed by atoms with Crippen molar-refractivity contribution in [3.63, 3.8) is 0 Å². The Morgan fingerprint density at radius 3 is 3.00 bits per heavy atom. The summed E-state index contributed by atoms with van der Waals surface area (Å²) in [5.74, 6) is 1.71. The lowest BCUT2D eigenvalue weighted by atomic mass is 10.0. The van der Waals surface area contributed by atoms with Crippen molar-refractivity contribution in [2.75, 3.05) is 19.7 Å². The Balaban J connectivity index is 1.84. The van der Waals surface area contributed by atoms with Crippen molar-refractivity contribution < 1.29 is 4.74 Å². The van der Waals surface area contributed by atoms with Gasteiger partial charge in [0.15, 0.2) is 0 Å². The minimum atomic E-state index is 0.679. The second-order valence-electron chi connectivity index (χ2n) is 4.29. The van der Waals surface area contributed by atoms with Gasteiger partial charge in [0.25, 0.3) is 0 Å². The highest BCUT2D eigenvalue weighted by molar-refractivity contribution is 5.31. The van der Waals surface area contributed by atoms with Crippen molar-refractivity contribution in [3.8, 4) is 5.75 Å². The maximum atomic E-state index is 5.84. The van der Waals surface area contributed by atoms with Crippen molar-refractivity contribution >= 4 is 0 Å². The Kier molecular flexibility index (Phi) is 3.62. The van der Waals surface area contributed by atoms with Gasteiger partial charge in [-0.05, 0) is 37.9 Å². The zero-order valence-corrected chi connectivity index (χ0v) is 9.33. The van der Waals surface area contributed by atoms with Gasteiger partial charge in [-0.1, -0.05) is 18.2 Å². The van der Waals surface area contributed by atoms with Gasteiger partial charge in [0.05, 0.1) is 6.61 Å². The van der Waals surface area contributed by atoms with Crippen molar-refractivity contribution in [2.24, 2.45) is 5.92 Å². The molecule has 1 fully saturated rings. The van der Waals surface area contributed by atoms with Crippen LogP contribution in [0.3, 0.4) is 0 Å².